The van der Waals surface area contributed by atoms with Gasteiger partial charge in [-0.25, -0.2) is 9.50 Å². The van der Waals surface area contributed by atoms with Crippen LogP contribution in [0.15, 0.2) is 39.6 Å². The molecule has 3 aromatic rings. The molecule has 0 aliphatic heterocycles. The van der Waals surface area contributed by atoms with E-state index in [0.717, 1.165) is 10.0 Å². The number of H-pyrrole nitrogens is 2. The summed E-state index contributed by atoms with van der Waals surface area (Å²) in [5, 5.41) is 2.57. The van der Waals surface area contributed by atoms with Crippen LogP contribution in [0.5, 0.6) is 0 Å². The third-order valence-corrected chi connectivity index (χ3v) is 3.24. The summed E-state index contributed by atoms with van der Waals surface area (Å²) in [6.45, 7) is 0. The Bertz CT molecular complexity index is 848. The second-order valence-electron chi connectivity index (χ2n) is 3.72. The molecule has 0 unspecified atom stereocenters. The van der Waals surface area contributed by atoms with Crippen LogP contribution >= 0.6 is 28.1 Å². The van der Waals surface area contributed by atoms with Crippen molar-refractivity contribution in [3.8, 4) is 11.4 Å². The van der Waals surface area contributed by atoms with Gasteiger partial charge in [0.2, 0.25) is 4.77 Å². The van der Waals surface area contributed by atoms with E-state index in [9.17, 15) is 4.79 Å². The van der Waals surface area contributed by atoms with E-state index in [1.807, 2.05) is 24.3 Å². The number of aromatic amines is 2. The topological polar surface area (TPSA) is 65.9 Å². The highest BCUT2D eigenvalue weighted by Gasteiger charge is 2.05. The molecule has 3 rings (SSSR count). The molecule has 0 saturated heterocycles. The average Bonchev–Trinajstić information content (AvgIpc) is 2.70. The van der Waals surface area contributed by atoms with E-state index in [0.29, 0.717) is 16.2 Å². The molecular formula is C11H7BrN4OS. The van der Waals surface area contributed by atoms with Crippen LogP contribution in [0.25, 0.3) is 17.0 Å². The molecule has 0 aliphatic carbocycles. The molecule has 2 heterocycles. The molecule has 0 saturated carbocycles. The quantitative estimate of drug-likeness (QED) is 0.676. The number of nitrogens with zero attached hydrogens (tertiary/aromatic N) is 2. The van der Waals surface area contributed by atoms with Crippen LogP contribution in [0.2, 0.25) is 0 Å². The molecule has 0 atom stereocenters. The summed E-state index contributed by atoms with van der Waals surface area (Å²) in [5.41, 5.74) is 1.27. The van der Waals surface area contributed by atoms with Crippen molar-refractivity contribution >= 4 is 33.8 Å². The first-order chi connectivity index (χ1) is 8.63. The monoisotopic (exact) mass is 322 g/mol. The zero-order valence-electron chi connectivity index (χ0n) is 8.98. The summed E-state index contributed by atoms with van der Waals surface area (Å²) < 4.78 is 2.70. The second-order valence-corrected chi connectivity index (χ2v) is 5.00. The molecule has 18 heavy (non-hydrogen) atoms. The van der Waals surface area contributed by atoms with Gasteiger partial charge in [-0.05, 0) is 24.4 Å². The van der Waals surface area contributed by atoms with Crippen molar-refractivity contribution in [2.24, 2.45) is 0 Å². The van der Waals surface area contributed by atoms with E-state index >= 15 is 0 Å². The van der Waals surface area contributed by atoms with E-state index in [2.05, 4.69) is 31.0 Å². The fourth-order valence-electron chi connectivity index (χ4n) is 1.70. The zero-order valence-corrected chi connectivity index (χ0v) is 11.4. The van der Waals surface area contributed by atoms with Crippen molar-refractivity contribution < 1.29 is 0 Å². The number of halogens is 1. The second kappa shape index (κ2) is 4.18. The summed E-state index contributed by atoms with van der Waals surface area (Å²) in [6.07, 6.45) is 0. The van der Waals surface area contributed by atoms with Crippen molar-refractivity contribution in [2.45, 2.75) is 0 Å². The van der Waals surface area contributed by atoms with Gasteiger partial charge in [0.15, 0.2) is 0 Å². The Morgan fingerprint density at radius 2 is 2.17 bits per heavy atom. The van der Waals surface area contributed by atoms with Crippen LogP contribution in [-0.2, 0) is 0 Å². The summed E-state index contributed by atoms with van der Waals surface area (Å²) in [7, 11) is 0. The molecule has 7 heteroatoms. The highest BCUT2D eigenvalue weighted by atomic mass is 79.9. The van der Waals surface area contributed by atoms with Crippen molar-refractivity contribution in [3.05, 3.63) is 49.9 Å². The molecule has 0 fully saturated rings. The molecule has 0 radical (unpaired) electrons. The maximum absolute atomic E-state index is 11.3. The van der Waals surface area contributed by atoms with E-state index in [-0.39, 0.29) is 5.56 Å². The van der Waals surface area contributed by atoms with E-state index in [4.69, 9.17) is 12.2 Å². The Labute approximate surface area is 115 Å². The maximum atomic E-state index is 11.3. The normalized spacial score (nSPS) is 10.9. The smallest absolute Gasteiger partial charge is 0.266 e. The Balaban J connectivity index is 2.30. The van der Waals surface area contributed by atoms with Gasteiger partial charge in [0.05, 0.1) is 0 Å². The van der Waals surface area contributed by atoms with E-state index in [1.54, 1.807) is 0 Å². The number of benzene rings is 1. The molecule has 90 valence electrons. The minimum absolute atomic E-state index is 0.217. The molecule has 0 amide bonds. The minimum Gasteiger partial charge on any atom is -0.324 e. The minimum atomic E-state index is -0.217. The van der Waals surface area contributed by atoms with Gasteiger partial charge >= 0.3 is 0 Å². The standard InChI is InChI=1S/C11H7BrN4OS/c12-7-3-1-2-6(4-7)10-13-8-5-9(17)15-16(8)11(18)14-10/h1-5H,(H,15,17)(H,13,14,18). The fourth-order valence-corrected chi connectivity index (χ4v) is 2.34. The first kappa shape index (κ1) is 11.4. The molecule has 2 aromatic heterocycles. The van der Waals surface area contributed by atoms with Gasteiger partial charge in [0.1, 0.15) is 11.5 Å². The Kier molecular flexibility index (Phi) is 2.64. The Hall–Kier alpha value is -1.73. The number of fused-ring (bicyclic) bond motifs is 1. The van der Waals surface area contributed by atoms with Crippen LogP contribution in [-0.4, -0.2) is 19.6 Å². The molecule has 0 aliphatic rings. The summed E-state index contributed by atoms with van der Waals surface area (Å²) in [6, 6.07) is 9.12. The number of hydrogen-bond donors (Lipinski definition) is 2. The molecule has 0 bridgehead atoms. The lowest BCUT2D eigenvalue weighted by atomic mass is 10.2. The highest BCUT2D eigenvalue weighted by Crippen LogP contribution is 2.19. The first-order valence-electron chi connectivity index (χ1n) is 5.11. The van der Waals surface area contributed by atoms with Crippen LogP contribution in [0.4, 0.5) is 0 Å². The number of rotatable bonds is 1. The average molecular weight is 323 g/mol. The fraction of sp³-hybridized carbons (Fsp3) is 0. The van der Waals surface area contributed by atoms with Crippen LogP contribution < -0.4 is 5.56 Å². The third kappa shape index (κ3) is 1.91. The van der Waals surface area contributed by atoms with Crippen LogP contribution in [0.3, 0.4) is 0 Å². The predicted molar refractivity (Wildman–Crippen MR) is 74.1 cm³/mol. The van der Waals surface area contributed by atoms with Gasteiger partial charge in [0.25, 0.3) is 5.56 Å². The molecular weight excluding hydrogens is 316 g/mol. The lowest BCUT2D eigenvalue weighted by Crippen LogP contribution is -2.02. The predicted octanol–water partition coefficient (Wildman–Crippen LogP) is 2.51. The van der Waals surface area contributed by atoms with Gasteiger partial charge in [0, 0.05) is 16.1 Å². The summed E-state index contributed by atoms with van der Waals surface area (Å²) in [5.74, 6) is 0.625. The van der Waals surface area contributed by atoms with Crippen LogP contribution in [0.1, 0.15) is 0 Å². The zero-order chi connectivity index (χ0) is 12.7. The largest absolute Gasteiger partial charge is 0.324 e. The first-order valence-corrected chi connectivity index (χ1v) is 6.32. The lowest BCUT2D eigenvalue weighted by molar-refractivity contribution is 0.863. The van der Waals surface area contributed by atoms with Crippen molar-refractivity contribution in [3.63, 3.8) is 0 Å². The molecule has 1 aromatic carbocycles. The van der Waals surface area contributed by atoms with E-state index < -0.39 is 0 Å². The molecule has 0 spiro atoms. The molecule has 2 N–H and O–H groups in total. The van der Waals surface area contributed by atoms with Gasteiger partial charge in [-0.3, -0.25) is 9.89 Å². The number of nitrogens with one attached hydrogen (secondary N) is 2. The van der Waals surface area contributed by atoms with Crippen LogP contribution in [0, 0.1) is 4.77 Å². The van der Waals surface area contributed by atoms with Gasteiger partial charge in [-0.15, -0.1) is 0 Å². The Morgan fingerprint density at radius 3 is 2.94 bits per heavy atom. The van der Waals surface area contributed by atoms with Gasteiger partial charge < -0.3 is 4.98 Å². The third-order valence-electron chi connectivity index (χ3n) is 2.47. The summed E-state index contributed by atoms with van der Waals surface area (Å²) >= 11 is 8.54. The summed E-state index contributed by atoms with van der Waals surface area (Å²) in [4.78, 5) is 18.6. The molecule has 5 nitrogen and oxygen atoms in total. The van der Waals surface area contributed by atoms with Crippen molar-refractivity contribution in [1.29, 1.82) is 0 Å². The number of aromatic nitrogens is 4. The van der Waals surface area contributed by atoms with E-state index in [1.165, 1.54) is 10.6 Å². The lowest BCUT2D eigenvalue weighted by Gasteiger charge is -2.03. The van der Waals surface area contributed by atoms with Crippen molar-refractivity contribution in [2.75, 3.05) is 0 Å². The number of hydrogen-bond acceptors (Lipinski definition) is 3. The maximum Gasteiger partial charge on any atom is 0.266 e. The van der Waals surface area contributed by atoms with Gasteiger partial charge in [-0.2, -0.15) is 0 Å². The highest BCUT2D eigenvalue weighted by molar-refractivity contribution is 9.10. The van der Waals surface area contributed by atoms with Gasteiger partial charge in [-0.1, -0.05) is 28.1 Å². The SMILES string of the molecule is O=c1cc2[nH]c(-c3cccc(Br)c3)nc(=S)n2[nH]1. The Morgan fingerprint density at radius 1 is 1.33 bits per heavy atom. The van der Waals surface area contributed by atoms with Crippen molar-refractivity contribution in [1.82, 2.24) is 19.6 Å².